The Kier molecular flexibility index (Phi) is 6.64. The van der Waals surface area contributed by atoms with Gasteiger partial charge in [0.2, 0.25) is 17.6 Å². The number of carbonyl (C=O) groups is 1. The Morgan fingerprint density at radius 2 is 1.93 bits per heavy atom. The number of benzene rings is 2. The molecule has 7 heteroatoms. The van der Waals surface area contributed by atoms with E-state index < -0.39 is 5.82 Å². The van der Waals surface area contributed by atoms with E-state index in [1.807, 2.05) is 24.3 Å². The van der Waals surface area contributed by atoms with Gasteiger partial charge in [0.25, 0.3) is 0 Å². The van der Waals surface area contributed by atoms with Crippen LogP contribution in [-0.2, 0) is 17.8 Å². The zero-order chi connectivity index (χ0) is 21.0. The smallest absolute Gasteiger partial charge is 0.227 e. The molecule has 0 saturated heterocycles. The van der Waals surface area contributed by atoms with Crippen LogP contribution in [0.25, 0.3) is 11.4 Å². The molecule has 0 aliphatic rings. The summed E-state index contributed by atoms with van der Waals surface area (Å²) < 4.78 is 19.2. The van der Waals surface area contributed by atoms with Gasteiger partial charge in [0.05, 0.1) is 0 Å². The molecule has 0 radical (unpaired) electrons. The van der Waals surface area contributed by atoms with Gasteiger partial charge in [-0.1, -0.05) is 60.9 Å². The van der Waals surface area contributed by atoms with Crippen LogP contribution in [0.15, 0.2) is 47.0 Å². The number of hydrogen-bond acceptors (Lipinski definition) is 4. The number of hydrogen-bond donors (Lipinski definition) is 0. The number of aromatic nitrogens is 2. The molecule has 0 saturated carbocycles. The molecule has 0 fully saturated rings. The van der Waals surface area contributed by atoms with E-state index in [1.165, 1.54) is 22.6 Å². The van der Waals surface area contributed by atoms with Crippen molar-refractivity contribution in [2.45, 2.75) is 39.2 Å². The van der Waals surface area contributed by atoms with Gasteiger partial charge in [0.15, 0.2) is 0 Å². The Morgan fingerprint density at radius 1 is 1.21 bits per heavy atom. The summed E-state index contributed by atoms with van der Waals surface area (Å²) in [5.74, 6) is 0.743. The van der Waals surface area contributed by atoms with Crippen molar-refractivity contribution in [3.05, 3.63) is 70.3 Å². The molecular formula is C22H23ClFN3O2. The van der Waals surface area contributed by atoms with E-state index in [2.05, 4.69) is 24.0 Å². The molecule has 3 aromatic rings. The zero-order valence-electron chi connectivity index (χ0n) is 16.7. The summed E-state index contributed by atoms with van der Waals surface area (Å²) in [6.45, 7) is 4.37. The van der Waals surface area contributed by atoms with Crippen LogP contribution < -0.4 is 0 Å². The molecule has 0 unspecified atom stereocenters. The van der Waals surface area contributed by atoms with Crippen LogP contribution in [0.2, 0.25) is 5.02 Å². The minimum absolute atomic E-state index is 0.0988. The first-order valence-corrected chi connectivity index (χ1v) is 9.82. The highest BCUT2D eigenvalue weighted by Gasteiger charge is 2.16. The molecule has 1 amide bonds. The molecule has 152 valence electrons. The van der Waals surface area contributed by atoms with E-state index in [0.717, 1.165) is 5.56 Å². The van der Waals surface area contributed by atoms with E-state index in [-0.39, 0.29) is 18.9 Å². The standard InChI is InChI=1S/C22H23ClFN3O2/c1-14(2)15-7-9-16(10-8-15)22-25-20(29-26-22)11-12-21(28)27(3)13-17-18(23)5-4-6-19(17)24/h4-10,14H,11-13H2,1-3H3. The van der Waals surface area contributed by atoms with Gasteiger partial charge in [-0.25, -0.2) is 4.39 Å². The molecule has 0 bridgehead atoms. The maximum absolute atomic E-state index is 13.9. The van der Waals surface area contributed by atoms with Crippen LogP contribution in [0.5, 0.6) is 0 Å². The molecule has 29 heavy (non-hydrogen) atoms. The minimum atomic E-state index is -0.429. The number of nitrogens with zero attached hydrogens (tertiary/aromatic N) is 3. The summed E-state index contributed by atoms with van der Waals surface area (Å²) in [4.78, 5) is 18.2. The van der Waals surface area contributed by atoms with Gasteiger partial charge in [-0.15, -0.1) is 0 Å². The van der Waals surface area contributed by atoms with Crippen molar-refractivity contribution >= 4 is 17.5 Å². The summed E-state index contributed by atoms with van der Waals surface area (Å²) in [6, 6.07) is 12.5. The summed E-state index contributed by atoms with van der Waals surface area (Å²) in [5, 5.41) is 4.30. The second kappa shape index (κ2) is 9.18. The second-order valence-electron chi connectivity index (χ2n) is 7.24. The van der Waals surface area contributed by atoms with Crippen molar-refractivity contribution in [2.24, 2.45) is 0 Å². The molecule has 1 aromatic heterocycles. The first kappa shape index (κ1) is 21.0. The summed E-state index contributed by atoms with van der Waals surface area (Å²) in [6.07, 6.45) is 0.488. The number of aryl methyl sites for hydroxylation is 1. The topological polar surface area (TPSA) is 59.2 Å². The van der Waals surface area contributed by atoms with Crippen molar-refractivity contribution < 1.29 is 13.7 Å². The molecule has 2 aromatic carbocycles. The molecule has 0 spiro atoms. The molecule has 0 aliphatic carbocycles. The molecule has 0 aliphatic heterocycles. The minimum Gasteiger partial charge on any atom is -0.341 e. The van der Waals surface area contributed by atoms with Crippen molar-refractivity contribution in [3.8, 4) is 11.4 Å². The lowest BCUT2D eigenvalue weighted by Crippen LogP contribution is -2.27. The summed E-state index contributed by atoms with van der Waals surface area (Å²) in [7, 11) is 1.61. The van der Waals surface area contributed by atoms with Gasteiger partial charge in [0.1, 0.15) is 5.82 Å². The van der Waals surface area contributed by atoms with Gasteiger partial charge in [0, 0.05) is 42.6 Å². The summed E-state index contributed by atoms with van der Waals surface area (Å²) in [5.41, 5.74) is 2.40. The lowest BCUT2D eigenvalue weighted by atomic mass is 10.0. The Morgan fingerprint density at radius 3 is 2.59 bits per heavy atom. The van der Waals surface area contributed by atoms with E-state index in [4.69, 9.17) is 16.1 Å². The fourth-order valence-corrected chi connectivity index (χ4v) is 3.13. The monoisotopic (exact) mass is 415 g/mol. The van der Waals surface area contributed by atoms with E-state index in [9.17, 15) is 9.18 Å². The maximum Gasteiger partial charge on any atom is 0.227 e. The fraction of sp³-hybridized carbons (Fsp3) is 0.318. The van der Waals surface area contributed by atoms with Gasteiger partial charge in [-0.2, -0.15) is 4.98 Å². The van der Waals surface area contributed by atoms with Crippen molar-refractivity contribution in [3.63, 3.8) is 0 Å². The number of rotatable bonds is 7. The van der Waals surface area contributed by atoms with Gasteiger partial charge in [-0.05, 0) is 23.6 Å². The molecule has 0 atom stereocenters. The third kappa shape index (κ3) is 5.21. The Balaban J connectivity index is 1.58. The Hall–Kier alpha value is -2.73. The molecule has 0 N–H and O–H groups in total. The van der Waals surface area contributed by atoms with Crippen molar-refractivity contribution in [1.82, 2.24) is 15.0 Å². The van der Waals surface area contributed by atoms with Crippen LogP contribution >= 0.6 is 11.6 Å². The van der Waals surface area contributed by atoms with E-state index in [0.29, 0.717) is 34.6 Å². The maximum atomic E-state index is 13.9. The van der Waals surface area contributed by atoms with Gasteiger partial charge >= 0.3 is 0 Å². The highest BCUT2D eigenvalue weighted by Crippen LogP contribution is 2.22. The van der Waals surface area contributed by atoms with Gasteiger partial charge in [-0.3, -0.25) is 4.79 Å². The SMILES string of the molecule is CC(C)c1ccc(-c2noc(CCC(=O)N(C)Cc3c(F)cccc3Cl)n2)cc1. The van der Waals surface area contributed by atoms with Crippen molar-refractivity contribution in [2.75, 3.05) is 7.05 Å². The fourth-order valence-electron chi connectivity index (χ4n) is 2.90. The first-order chi connectivity index (χ1) is 13.8. The molecule has 5 nitrogen and oxygen atoms in total. The molecule has 1 heterocycles. The zero-order valence-corrected chi connectivity index (χ0v) is 17.4. The average molecular weight is 416 g/mol. The number of halogens is 2. The molecule has 3 rings (SSSR count). The lowest BCUT2D eigenvalue weighted by molar-refractivity contribution is -0.130. The second-order valence-corrected chi connectivity index (χ2v) is 7.65. The number of amides is 1. The van der Waals surface area contributed by atoms with Gasteiger partial charge < -0.3 is 9.42 Å². The highest BCUT2D eigenvalue weighted by molar-refractivity contribution is 6.31. The highest BCUT2D eigenvalue weighted by atomic mass is 35.5. The van der Waals surface area contributed by atoms with Crippen LogP contribution in [0, 0.1) is 5.82 Å². The quantitative estimate of drug-likeness (QED) is 0.529. The third-order valence-corrected chi connectivity index (χ3v) is 5.09. The van der Waals surface area contributed by atoms with Crippen LogP contribution in [0.1, 0.15) is 43.2 Å². The number of carbonyl (C=O) groups excluding carboxylic acids is 1. The lowest BCUT2D eigenvalue weighted by Gasteiger charge is -2.18. The van der Waals surface area contributed by atoms with Crippen LogP contribution in [-0.4, -0.2) is 28.0 Å². The summed E-state index contributed by atoms with van der Waals surface area (Å²) >= 11 is 6.03. The van der Waals surface area contributed by atoms with Crippen molar-refractivity contribution in [1.29, 1.82) is 0 Å². The van der Waals surface area contributed by atoms with Crippen LogP contribution in [0.4, 0.5) is 4.39 Å². The first-order valence-electron chi connectivity index (χ1n) is 9.45. The van der Waals surface area contributed by atoms with Crippen LogP contribution in [0.3, 0.4) is 0 Å². The predicted octanol–water partition coefficient (Wildman–Crippen LogP) is 5.24. The average Bonchev–Trinajstić information content (AvgIpc) is 3.18. The largest absolute Gasteiger partial charge is 0.341 e. The van der Waals surface area contributed by atoms with E-state index >= 15 is 0 Å². The Labute approximate surface area is 174 Å². The third-order valence-electron chi connectivity index (χ3n) is 4.74. The predicted molar refractivity (Wildman–Crippen MR) is 110 cm³/mol. The van der Waals surface area contributed by atoms with E-state index in [1.54, 1.807) is 13.1 Å². The Bertz CT molecular complexity index is 966. The normalized spacial score (nSPS) is 11.1. The molecular weight excluding hydrogens is 393 g/mol.